The number of nitrogen functional groups attached to an aromatic ring is 1. The first-order valence-corrected chi connectivity index (χ1v) is 6.65. The summed E-state index contributed by atoms with van der Waals surface area (Å²) < 4.78 is 24.2. The third-order valence-corrected chi connectivity index (χ3v) is 3.47. The Bertz CT molecular complexity index is 434. The number of anilines is 2. The van der Waals surface area contributed by atoms with Gasteiger partial charge in [0.25, 0.3) is 0 Å². The number of nitrogens with two attached hydrogens (primary N) is 1. The summed E-state index contributed by atoms with van der Waals surface area (Å²) in [6, 6.07) is 2.97. The molecule has 1 aromatic rings. The van der Waals surface area contributed by atoms with Crippen LogP contribution in [0.5, 0.6) is 5.75 Å². The zero-order chi connectivity index (χ0) is 13.8. The van der Waals surface area contributed by atoms with Gasteiger partial charge in [0.1, 0.15) is 0 Å². The molecule has 0 radical (unpaired) electrons. The maximum absolute atomic E-state index is 13.6. The molecule has 4 nitrogen and oxygen atoms in total. The molecule has 0 aromatic heterocycles. The van der Waals surface area contributed by atoms with E-state index in [1.54, 1.807) is 6.07 Å². The fraction of sp³-hybridized carbons (Fsp3) is 0.571. The number of hydrogen-bond acceptors (Lipinski definition) is 4. The Kier molecular flexibility index (Phi) is 4.47. The molecule has 1 aromatic carbocycles. The molecule has 1 fully saturated rings. The van der Waals surface area contributed by atoms with Gasteiger partial charge in [0, 0.05) is 31.8 Å². The lowest BCUT2D eigenvalue weighted by molar-refractivity contribution is 0.116. The average Bonchev–Trinajstić information content (AvgIpc) is 2.89. The standard InChI is InChI=1S/C14H21FN2O2/c1-3-17(9-10-5-4-6-19-10)13-8-14(18-2)11(15)7-12(13)16/h7-8,10H,3-6,9,16H2,1-2H3. The van der Waals surface area contributed by atoms with Gasteiger partial charge in [0.2, 0.25) is 0 Å². The highest BCUT2D eigenvalue weighted by Gasteiger charge is 2.21. The molecule has 106 valence electrons. The fourth-order valence-corrected chi connectivity index (χ4v) is 2.42. The van der Waals surface area contributed by atoms with Crippen molar-refractivity contribution >= 4 is 11.4 Å². The van der Waals surface area contributed by atoms with E-state index in [4.69, 9.17) is 15.2 Å². The minimum atomic E-state index is -0.433. The Morgan fingerprint density at radius 3 is 2.89 bits per heavy atom. The van der Waals surface area contributed by atoms with Gasteiger partial charge in [-0.25, -0.2) is 4.39 Å². The normalized spacial score (nSPS) is 18.6. The predicted molar refractivity (Wildman–Crippen MR) is 74.2 cm³/mol. The molecular weight excluding hydrogens is 247 g/mol. The summed E-state index contributed by atoms with van der Waals surface area (Å²) in [5.41, 5.74) is 7.15. The largest absolute Gasteiger partial charge is 0.494 e. The fourth-order valence-electron chi connectivity index (χ4n) is 2.42. The number of methoxy groups -OCH3 is 1. The van der Waals surface area contributed by atoms with Crippen LogP contribution in [0.1, 0.15) is 19.8 Å². The number of nitrogens with zero attached hydrogens (tertiary/aromatic N) is 1. The highest BCUT2D eigenvalue weighted by Crippen LogP contribution is 2.31. The van der Waals surface area contributed by atoms with Crippen molar-refractivity contribution in [1.82, 2.24) is 0 Å². The molecule has 0 saturated carbocycles. The third kappa shape index (κ3) is 3.10. The second kappa shape index (κ2) is 6.10. The summed E-state index contributed by atoms with van der Waals surface area (Å²) in [7, 11) is 1.45. The molecule has 0 bridgehead atoms. The summed E-state index contributed by atoms with van der Waals surface area (Å²) in [5.74, 6) is -0.216. The molecule has 2 N–H and O–H groups in total. The third-order valence-electron chi connectivity index (χ3n) is 3.47. The molecule has 1 atom stereocenters. The van der Waals surface area contributed by atoms with Gasteiger partial charge in [-0.15, -0.1) is 0 Å². The van der Waals surface area contributed by atoms with Crippen LogP contribution in [-0.4, -0.2) is 32.9 Å². The van der Waals surface area contributed by atoms with Crippen LogP contribution in [0.25, 0.3) is 0 Å². The lowest BCUT2D eigenvalue weighted by Gasteiger charge is -2.27. The number of rotatable bonds is 5. The van der Waals surface area contributed by atoms with Crippen molar-refractivity contribution in [3.8, 4) is 5.75 Å². The van der Waals surface area contributed by atoms with Crippen LogP contribution in [0.2, 0.25) is 0 Å². The van der Waals surface area contributed by atoms with Gasteiger partial charge in [-0.05, 0) is 19.8 Å². The number of benzene rings is 1. The van der Waals surface area contributed by atoms with Gasteiger partial charge in [-0.3, -0.25) is 0 Å². The molecule has 0 aliphatic carbocycles. The predicted octanol–water partition coefficient (Wildman–Crippen LogP) is 2.42. The van der Waals surface area contributed by atoms with Crippen LogP contribution in [0.15, 0.2) is 12.1 Å². The van der Waals surface area contributed by atoms with E-state index in [0.717, 1.165) is 38.2 Å². The van der Waals surface area contributed by atoms with E-state index in [0.29, 0.717) is 5.69 Å². The van der Waals surface area contributed by atoms with Crippen molar-refractivity contribution in [1.29, 1.82) is 0 Å². The average molecular weight is 268 g/mol. The Morgan fingerprint density at radius 2 is 2.32 bits per heavy atom. The molecular formula is C14H21FN2O2. The van der Waals surface area contributed by atoms with Crippen LogP contribution in [0, 0.1) is 5.82 Å². The summed E-state index contributed by atoms with van der Waals surface area (Å²) in [4.78, 5) is 2.10. The number of ether oxygens (including phenoxy) is 2. The summed E-state index contributed by atoms with van der Waals surface area (Å²) in [6.45, 7) is 4.43. The van der Waals surface area contributed by atoms with Crippen LogP contribution >= 0.6 is 0 Å². The quantitative estimate of drug-likeness (QED) is 0.833. The van der Waals surface area contributed by atoms with Crippen LogP contribution in [0.4, 0.5) is 15.8 Å². The summed E-state index contributed by atoms with van der Waals surface area (Å²) >= 11 is 0. The smallest absolute Gasteiger partial charge is 0.167 e. The second-order valence-corrected chi connectivity index (χ2v) is 4.72. The monoisotopic (exact) mass is 268 g/mol. The summed E-state index contributed by atoms with van der Waals surface area (Å²) in [6.07, 6.45) is 2.40. The van der Waals surface area contributed by atoms with E-state index < -0.39 is 5.82 Å². The Labute approximate surface area is 113 Å². The molecule has 2 rings (SSSR count). The molecule has 1 unspecified atom stereocenters. The lowest BCUT2D eigenvalue weighted by atomic mass is 10.2. The molecule has 19 heavy (non-hydrogen) atoms. The van der Waals surface area contributed by atoms with E-state index in [1.807, 2.05) is 6.92 Å². The SMILES string of the molecule is CCN(CC1CCCO1)c1cc(OC)c(F)cc1N. The Hall–Kier alpha value is -1.49. The van der Waals surface area contributed by atoms with Gasteiger partial charge >= 0.3 is 0 Å². The molecule has 5 heteroatoms. The van der Waals surface area contributed by atoms with Gasteiger partial charge in [-0.2, -0.15) is 0 Å². The van der Waals surface area contributed by atoms with Crippen molar-refractivity contribution in [2.45, 2.75) is 25.9 Å². The minimum absolute atomic E-state index is 0.218. The van der Waals surface area contributed by atoms with Crippen molar-refractivity contribution in [3.05, 3.63) is 17.9 Å². The van der Waals surface area contributed by atoms with Crippen molar-refractivity contribution in [3.63, 3.8) is 0 Å². The highest BCUT2D eigenvalue weighted by atomic mass is 19.1. The van der Waals surface area contributed by atoms with E-state index >= 15 is 0 Å². The molecule has 0 amide bonds. The molecule has 1 aliphatic rings. The van der Waals surface area contributed by atoms with Gasteiger partial charge in [0.05, 0.1) is 24.6 Å². The molecule has 1 saturated heterocycles. The number of likely N-dealkylation sites (N-methyl/N-ethyl adjacent to an activating group) is 1. The Morgan fingerprint density at radius 1 is 1.53 bits per heavy atom. The van der Waals surface area contributed by atoms with Crippen molar-refractivity contribution in [2.75, 3.05) is 37.4 Å². The highest BCUT2D eigenvalue weighted by molar-refractivity contribution is 5.70. The van der Waals surface area contributed by atoms with Crippen molar-refractivity contribution in [2.24, 2.45) is 0 Å². The topological polar surface area (TPSA) is 47.7 Å². The minimum Gasteiger partial charge on any atom is -0.494 e. The van der Waals surface area contributed by atoms with Crippen LogP contribution in [0.3, 0.4) is 0 Å². The summed E-state index contributed by atoms with van der Waals surface area (Å²) in [5, 5.41) is 0. The van der Waals surface area contributed by atoms with Gasteiger partial charge in [-0.1, -0.05) is 0 Å². The molecule has 0 spiro atoms. The first kappa shape index (κ1) is 13.9. The maximum atomic E-state index is 13.6. The number of halogens is 1. The van der Waals surface area contributed by atoms with E-state index in [9.17, 15) is 4.39 Å². The maximum Gasteiger partial charge on any atom is 0.167 e. The first-order chi connectivity index (χ1) is 9.15. The first-order valence-electron chi connectivity index (χ1n) is 6.65. The van der Waals surface area contributed by atoms with E-state index in [-0.39, 0.29) is 11.9 Å². The van der Waals surface area contributed by atoms with E-state index in [2.05, 4.69) is 4.90 Å². The molecule has 1 heterocycles. The van der Waals surface area contributed by atoms with Crippen LogP contribution < -0.4 is 15.4 Å². The lowest BCUT2D eigenvalue weighted by Crippen LogP contribution is -2.32. The van der Waals surface area contributed by atoms with Gasteiger partial charge in [0.15, 0.2) is 11.6 Å². The second-order valence-electron chi connectivity index (χ2n) is 4.72. The van der Waals surface area contributed by atoms with Gasteiger partial charge < -0.3 is 20.1 Å². The van der Waals surface area contributed by atoms with Crippen LogP contribution in [-0.2, 0) is 4.74 Å². The molecule has 1 aliphatic heterocycles. The number of hydrogen-bond donors (Lipinski definition) is 1. The zero-order valence-corrected chi connectivity index (χ0v) is 11.5. The van der Waals surface area contributed by atoms with Crippen molar-refractivity contribution < 1.29 is 13.9 Å². The zero-order valence-electron chi connectivity index (χ0n) is 11.5. The Balaban J connectivity index is 2.21. The van der Waals surface area contributed by atoms with E-state index in [1.165, 1.54) is 13.2 Å².